The Morgan fingerprint density at radius 1 is 1.26 bits per heavy atom. The van der Waals surface area contributed by atoms with Crippen LogP contribution < -0.4 is 5.32 Å². The maximum Gasteiger partial charge on any atom is 0.0481 e. The lowest BCUT2D eigenvalue weighted by Gasteiger charge is -2.20. The molecule has 0 radical (unpaired) electrons. The molecule has 0 unspecified atom stereocenters. The third kappa shape index (κ3) is 2.55. The SMILES string of the molecule is C[C@@H](NCc1cn(C)c2ccccc12)C1CCCC1. The van der Waals surface area contributed by atoms with E-state index in [1.165, 1.54) is 42.1 Å². The first kappa shape index (κ1) is 12.7. The molecule has 0 spiro atoms. The number of nitrogens with one attached hydrogen (secondary N) is 1. The first-order chi connectivity index (χ1) is 9.25. The van der Waals surface area contributed by atoms with Crippen molar-refractivity contribution in [2.24, 2.45) is 13.0 Å². The lowest BCUT2D eigenvalue weighted by molar-refractivity contribution is 0.381. The average Bonchev–Trinajstić information content (AvgIpc) is 3.06. The molecule has 3 rings (SSSR count). The second-order valence-electron chi connectivity index (χ2n) is 6.00. The van der Waals surface area contributed by atoms with Gasteiger partial charge in [-0.15, -0.1) is 0 Å². The van der Waals surface area contributed by atoms with Crippen LogP contribution in [0.1, 0.15) is 38.2 Å². The minimum absolute atomic E-state index is 0.640. The number of para-hydroxylation sites is 1. The van der Waals surface area contributed by atoms with Crippen LogP contribution >= 0.6 is 0 Å². The monoisotopic (exact) mass is 256 g/mol. The van der Waals surface area contributed by atoms with Crippen molar-refractivity contribution in [3.8, 4) is 0 Å². The standard InChI is InChI=1S/C17H24N2/c1-13(14-7-3-4-8-14)18-11-15-12-19(2)17-10-6-5-9-16(15)17/h5-6,9-10,12-14,18H,3-4,7-8,11H2,1-2H3/t13-/m1/s1. The molecular weight excluding hydrogens is 232 g/mol. The van der Waals surface area contributed by atoms with Gasteiger partial charge in [0.2, 0.25) is 0 Å². The molecule has 1 aliphatic carbocycles. The molecule has 102 valence electrons. The van der Waals surface area contributed by atoms with E-state index in [2.05, 4.69) is 54.3 Å². The summed E-state index contributed by atoms with van der Waals surface area (Å²) in [5.74, 6) is 0.884. The van der Waals surface area contributed by atoms with Crippen LogP contribution in [0.4, 0.5) is 0 Å². The molecule has 0 saturated heterocycles. The van der Waals surface area contributed by atoms with Crippen molar-refractivity contribution in [1.29, 1.82) is 0 Å². The minimum Gasteiger partial charge on any atom is -0.350 e. The molecular formula is C17H24N2. The molecule has 1 heterocycles. The highest BCUT2D eigenvalue weighted by atomic mass is 14.9. The Morgan fingerprint density at radius 3 is 2.79 bits per heavy atom. The number of hydrogen-bond acceptors (Lipinski definition) is 1. The summed E-state index contributed by atoms with van der Waals surface area (Å²) in [5.41, 5.74) is 2.75. The van der Waals surface area contributed by atoms with Gasteiger partial charge in [0.15, 0.2) is 0 Å². The highest BCUT2D eigenvalue weighted by Gasteiger charge is 2.21. The lowest BCUT2D eigenvalue weighted by atomic mass is 9.99. The van der Waals surface area contributed by atoms with Crippen molar-refractivity contribution in [2.45, 2.75) is 45.2 Å². The van der Waals surface area contributed by atoms with E-state index in [9.17, 15) is 0 Å². The van der Waals surface area contributed by atoms with Gasteiger partial charge in [0.1, 0.15) is 0 Å². The fraction of sp³-hybridized carbons (Fsp3) is 0.529. The average molecular weight is 256 g/mol. The van der Waals surface area contributed by atoms with E-state index < -0.39 is 0 Å². The molecule has 1 fully saturated rings. The molecule has 2 heteroatoms. The highest BCUT2D eigenvalue weighted by Crippen LogP contribution is 2.28. The normalized spacial score (nSPS) is 18.2. The van der Waals surface area contributed by atoms with Gasteiger partial charge in [-0.2, -0.15) is 0 Å². The van der Waals surface area contributed by atoms with Gasteiger partial charge in [-0.3, -0.25) is 0 Å². The second-order valence-corrected chi connectivity index (χ2v) is 6.00. The zero-order chi connectivity index (χ0) is 13.2. The number of benzene rings is 1. The molecule has 0 aliphatic heterocycles. The topological polar surface area (TPSA) is 17.0 Å². The van der Waals surface area contributed by atoms with Crippen molar-refractivity contribution < 1.29 is 0 Å². The van der Waals surface area contributed by atoms with Gasteiger partial charge in [0.05, 0.1) is 0 Å². The first-order valence-electron chi connectivity index (χ1n) is 7.52. The molecule has 19 heavy (non-hydrogen) atoms. The van der Waals surface area contributed by atoms with E-state index in [0.717, 1.165) is 12.5 Å². The largest absolute Gasteiger partial charge is 0.350 e. The van der Waals surface area contributed by atoms with Gasteiger partial charge in [0.25, 0.3) is 0 Å². The van der Waals surface area contributed by atoms with E-state index >= 15 is 0 Å². The Morgan fingerprint density at radius 2 is 2.00 bits per heavy atom. The zero-order valence-corrected chi connectivity index (χ0v) is 12.0. The number of rotatable bonds is 4. The smallest absolute Gasteiger partial charge is 0.0481 e. The maximum absolute atomic E-state index is 3.73. The van der Waals surface area contributed by atoms with Crippen LogP contribution in [-0.2, 0) is 13.6 Å². The third-order valence-corrected chi connectivity index (χ3v) is 4.70. The Hall–Kier alpha value is -1.28. The molecule has 1 aliphatic rings. The van der Waals surface area contributed by atoms with Gasteiger partial charge >= 0.3 is 0 Å². The summed E-state index contributed by atoms with van der Waals surface area (Å²) < 4.78 is 2.23. The summed E-state index contributed by atoms with van der Waals surface area (Å²) in [4.78, 5) is 0. The summed E-state index contributed by atoms with van der Waals surface area (Å²) in [6.45, 7) is 3.33. The van der Waals surface area contributed by atoms with Crippen LogP contribution in [0, 0.1) is 5.92 Å². The fourth-order valence-corrected chi connectivity index (χ4v) is 3.46. The van der Waals surface area contributed by atoms with Gasteiger partial charge in [-0.1, -0.05) is 31.0 Å². The van der Waals surface area contributed by atoms with Crippen molar-refractivity contribution >= 4 is 10.9 Å². The number of fused-ring (bicyclic) bond motifs is 1. The van der Waals surface area contributed by atoms with E-state index in [4.69, 9.17) is 0 Å². The van der Waals surface area contributed by atoms with Crippen LogP contribution in [0.3, 0.4) is 0 Å². The second kappa shape index (κ2) is 5.38. The van der Waals surface area contributed by atoms with Crippen molar-refractivity contribution in [3.05, 3.63) is 36.0 Å². The van der Waals surface area contributed by atoms with Crippen molar-refractivity contribution in [2.75, 3.05) is 0 Å². The Bertz CT molecular complexity index is 549. The fourth-order valence-electron chi connectivity index (χ4n) is 3.46. The summed E-state index contributed by atoms with van der Waals surface area (Å²) in [6.07, 6.45) is 7.92. The molecule has 2 aromatic rings. The summed E-state index contributed by atoms with van der Waals surface area (Å²) in [5, 5.41) is 5.12. The number of aryl methyl sites for hydroxylation is 1. The Kier molecular flexibility index (Phi) is 3.61. The van der Waals surface area contributed by atoms with Crippen LogP contribution in [0.2, 0.25) is 0 Å². The van der Waals surface area contributed by atoms with Crippen molar-refractivity contribution in [3.63, 3.8) is 0 Å². The Balaban J connectivity index is 1.71. The molecule has 2 nitrogen and oxygen atoms in total. The zero-order valence-electron chi connectivity index (χ0n) is 12.0. The van der Waals surface area contributed by atoms with Crippen LogP contribution in [0.15, 0.2) is 30.5 Å². The van der Waals surface area contributed by atoms with Crippen molar-refractivity contribution in [1.82, 2.24) is 9.88 Å². The number of hydrogen-bond donors (Lipinski definition) is 1. The van der Waals surface area contributed by atoms with Gasteiger partial charge < -0.3 is 9.88 Å². The minimum atomic E-state index is 0.640. The number of aromatic nitrogens is 1. The summed E-state index contributed by atoms with van der Waals surface area (Å²) in [6, 6.07) is 9.31. The molecule has 1 atom stereocenters. The van der Waals surface area contributed by atoms with Crippen LogP contribution in [0.5, 0.6) is 0 Å². The maximum atomic E-state index is 3.73. The molecule has 1 N–H and O–H groups in total. The predicted octanol–water partition coefficient (Wildman–Crippen LogP) is 3.85. The molecule has 0 amide bonds. The molecule has 1 aromatic heterocycles. The predicted molar refractivity (Wildman–Crippen MR) is 81.2 cm³/mol. The van der Waals surface area contributed by atoms with E-state index in [1.54, 1.807) is 0 Å². The summed E-state index contributed by atoms with van der Waals surface area (Å²) in [7, 11) is 2.13. The number of nitrogens with zero attached hydrogens (tertiary/aromatic N) is 1. The van der Waals surface area contributed by atoms with E-state index in [0.29, 0.717) is 6.04 Å². The van der Waals surface area contributed by atoms with Gasteiger partial charge in [0, 0.05) is 36.7 Å². The quantitative estimate of drug-likeness (QED) is 0.879. The van der Waals surface area contributed by atoms with Crippen LogP contribution in [0.25, 0.3) is 10.9 Å². The highest BCUT2D eigenvalue weighted by molar-refractivity contribution is 5.83. The molecule has 0 bridgehead atoms. The third-order valence-electron chi connectivity index (χ3n) is 4.70. The lowest BCUT2D eigenvalue weighted by Crippen LogP contribution is -2.31. The Labute approximate surface area is 115 Å². The molecule has 1 saturated carbocycles. The first-order valence-corrected chi connectivity index (χ1v) is 7.52. The van der Waals surface area contributed by atoms with E-state index in [1.807, 2.05) is 0 Å². The van der Waals surface area contributed by atoms with Gasteiger partial charge in [-0.05, 0) is 37.3 Å². The van der Waals surface area contributed by atoms with E-state index in [-0.39, 0.29) is 0 Å². The van der Waals surface area contributed by atoms with Crippen LogP contribution in [-0.4, -0.2) is 10.6 Å². The van der Waals surface area contributed by atoms with Gasteiger partial charge in [-0.25, -0.2) is 0 Å². The summed E-state index contributed by atoms with van der Waals surface area (Å²) >= 11 is 0. The molecule has 1 aromatic carbocycles.